The van der Waals surface area contributed by atoms with Crippen molar-refractivity contribution in [2.24, 2.45) is 18.1 Å². The Kier molecular flexibility index (Phi) is 6.50. The summed E-state index contributed by atoms with van der Waals surface area (Å²) in [6.07, 6.45) is 5.66. The highest BCUT2D eigenvalue weighted by Gasteiger charge is 2.32. The number of amides is 1. The van der Waals surface area contributed by atoms with Crippen LogP contribution in [0.25, 0.3) is 11.3 Å². The zero-order valence-electron chi connectivity index (χ0n) is 19.6. The molecule has 0 aliphatic heterocycles. The Balaban J connectivity index is 1.52. The van der Waals surface area contributed by atoms with Crippen LogP contribution in [0.2, 0.25) is 0 Å². The summed E-state index contributed by atoms with van der Waals surface area (Å²) in [4.78, 5) is 35.0. The summed E-state index contributed by atoms with van der Waals surface area (Å²) in [5.74, 6) is -2.40. The van der Waals surface area contributed by atoms with E-state index in [9.17, 15) is 24.8 Å². The van der Waals surface area contributed by atoms with Gasteiger partial charge in [0, 0.05) is 18.7 Å². The van der Waals surface area contributed by atoms with Crippen molar-refractivity contribution in [1.29, 1.82) is 0 Å². The fourth-order valence-electron chi connectivity index (χ4n) is 4.41. The number of aromatic nitrogens is 2. The summed E-state index contributed by atoms with van der Waals surface area (Å²) >= 11 is 0. The van der Waals surface area contributed by atoms with Gasteiger partial charge in [-0.2, -0.15) is 10.2 Å². The predicted octanol–water partition coefficient (Wildman–Crippen LogP) is 2.40. The minimum absolute atomic E-state index is 0.0557. The van der Waals surface area contributed by atoms with Gasteiger partial charge in [0.05, 0.1) is 23.7 Å². The third-order valence-electron chi connectivity index (χ3n) is 6.22. The summed E-state index contributed by atoms with van der Waals surface area (Å²) in [6, 6.07) is 6.09. The molecule has 1 amide bonds. The van der Waals surface area contributed by atoms with Gasteiger partial charge in [-0.05, 0) is 49.8 Å². The number of fused-ring (bicyclic) bond motifs is 1. The highest BCUT2D eigenvalue weighted by atomic mass is 16.6. The fraction of sp³-hybridized carbons (Fsp3) is 0.333. The van der Waals surface area contributed by atoms with Gasteiger partial charge in [-0.3, -0.25) is 19.6 Å². The lowest BCUT2D eigenvalue weighted by Gasteiger charge is -2.14. The first-order chi connectivity index (χ1) is 16.7. The maximum absolute atomic E-state index is 12.6. The van der Waals surface area contributed by atoms with E-state index in [0.717, 1.165) is 38.0 Å². The Hall–Kier alpha value is -4.28. The molecule has 2 aromatic rings. The number of rotatable bonds is 6. The number of hydrogen-bond donors (Lipinski definition) is 2. The number of hydrazone groups is 1. The number of nitrogens with zero attached hydrogens (tertiary/aromatic N) is 4. The van der Waals surface area contributed by atoms with Crippen LogP contribution in [-0.2, 0) is 34.2 Å². The van der Waals surface area contributed by atoms with Crippen LogP contribution in [0.1, 0.15) is 36.6 Å². The van der Waals surface area contributed by atoms with Gasteiger partial charge in [0.2, 0.25) is 5.91 Å². The monoisotopic (exact) mass is 479 g/mol. The molecule has 2 aliphatic rings. The van der Waals surface area contributed by atoms with Crippen molar-refractivity contribution in [3.05, 3.63) is 68.6 Å². The zero-order valence-corrected chi connectivity index (χ0v) is 19.6. The van der Waals surface area contributed by atoms with Crippen LogP contribution < -0.4 is 5.43 Å². The van der Waals surface area contributed by atoms with E-state index < -0.39 is 28.4 Å². The maximum atomic E-state index is 12.6. The van der Waals surface area contributed by atoms with Gasteiger partial charge >= 0.3 is 5.97 Å². The van der Waals surface area contributed by atoms with Crippen molar-refractivity contribution in [3.63, 3.8) is 0 Å². The van der Waals surface area contributed by atoms with Crippen LogP contribution >= 0.6 is 0 Å². The van der Waals surface area contributed by atoms with Gasteiger partial charge in [0.15, 0.2) is 11.4 Å². The van der Waals surface area contributed by atoms with Crippen molar-refractivity contribution in [1.82, 2.24) is 15.2 Å². The van der Waals surface area contributed by atoms with Crippen LogP contribution in [0.3, 0.4) is 0 Å². The number of carbonyl (C=O) groups is 2. The normalized spacial score (nSPS) is 17.3. The van der Waals surface area contributed by atoms with E-state index in [1.165, 1.54) is 17.2 Å². The highest BCUT2D eigenvalue weighted by Crippen LogP contribution is 2.35. The van der Waals surface area contributed by atoms with E-state index in [4.69, 9.17) is 0 Å². The smallest absolute Gasteiger partial charge is 0.344 e. The van der Waals surface area contributed by atoms with Crippen LogP contribution in [0.15, 0.2) is 46.7 Å². The molecule has 0 saturated heterocycles. The molecule has 2 aliphatic carbocycles. The van der Waals surface area contributed by atoms with Gasteiger partial charge in [-0.25, -0.2) is 10.2 Å². The lowest BCUT2D eigenvalue weighted by molar-refractivity contribution is -0.421. The first-order valence-corrected chi connectivity index (χ1v) is 11.1. The first-order valence-electron chi connectivity index (χ1n) is 11.1. The number of hydrogen-bond acceptors (Lipinski definition) is 8. The van der Waals surface area contributed by atoms with Crippen LogP contribution in [0.4, 0.5) is 0 Å². The molecule has 2 N–H and O–H groups in total. The first kappa shape index (κ1) is 23.9. The van der Waals surface area contributed by atoms with Crippen molar-refractivity contribution in [2.45, 2.75) is 32.6 Å². The maximum Gasteiger partial charge on any atom is 0.344 e. The summed E-state index contributed by atoms with van der Waals surface area (Å²) in [7, 11) is 2.84. The van der Waals surface area contributed by atoms with Gasteiger partial charge in [0.25, 0.3) is 5.70 Å². The van der Waals surface area contributed by atoms with Gasteiger partial charge in [0.1, 0.15) is 11.3 Å². The molecular formula is C24H25N5O6. The Morgan fingerprint density at radius 2 is 2.06 bits per heavy atom. The van der Waals surface area contributed by atoms with Crippen molar-refractivity contribution < 1.29 is 24.4 Å². The van der Waals surface area contributed by atoms with E-state index in [0.29, 0.717) is 5.69 Å². The molecule has 35 heavy (non-hydrogen) atoms. The molecule has 0 saturated carbocycles. The molecule has 1 atom stereocenters. The summed E-state index contributed by atoms with van der Waals surface area (Å²) < 4.78 is 6.13. The molecule has 0 bridgehead atoms. The van der Waals surface area contributed by atoms with E-state index >= 15 is 0 Å². The molecule has 1 aromatic heterocycles. The number of methoxy groups -OCH3 is 1. The molecule has 1 aromatic carbocycles. The number of carbonyl (C=O) groups excluding carboxylic acids is 2. The molecule has 0 spiro atoms. The number of nitrogens with one attached hydrogen (secondary N) is 1. The van der Waals surface area contributed by atoms with E-state index in [2.05, 4.69) is 32.5 Å². The summed E-state index contributed by atoms with van der Waals surface area (Å²) in [5, 5.41) is 30.6. The number of benzene rings is 1. The molecule has 0 fully saturated rings. The number of nitro groups is 1. The van der Waals surface area contributed by atoms with Gasteiger partial charge < -0.3 is 9.84 Å². The van der Waals surface area contributed by atoms with Crippen LogP contribution in [0, 0.1) is 16.0 Å². The van der Waals surface area contributed by atoms with Crippen molar-refractivity contribution in [2.75, 3.05) is 7.11 Å². The Morgan fingerprint density at radius 1 is 1.31 bits per heavy atom. The van der Waals surface area contributed by atoms with E-state index in [1.54, 1.807) is 18.7 Å². The lowest BCUT2D eigenvalue weighted by Crippen LogP contribution is -2.29. The van der Waals surface area contributed by atoms with E-state index in [1.807, 2.05) is 6.07 Å². The summed E-state index contributed by atoms with van der Waals surface area (Å²) in [5.41, 5.74) is 6.13. The molecule has 1 heterocycles. The number of esters is 1. The standard InChI is InChI=1S/C24H25N5O6/c1-13(25-26-23(31)17-9-10-18(24(32)35-3)19(12-17)29(33)34)20-22(30)21(28(2)27-20)16-8-7-14-5-4-6-15(14)11-16/h7-8,10-12,17,30H,4-6,9H2,1-3H3,(H,26,31)/b25-13+. The molecular weight excluding hydrogens is 454 g/mol. The number of aryl methyl sites for hydroxylation is 3. The average molecular weight is 479 g/mol. The topological polar surface area (TPSA) is 149 Å². The quantitative estimate of drug-likeness (QED) is 0.280. The Labute approximate surface area is 200 Å². The molecule has 182 valence electrons. The Morgan fingerprint density at radius 3 is 2.77 bits per heavy atom. The van der Waals surface area contributed by atoms with Crippen LogP contribution in [0.5, 0.6) is 5.75 Å². The zero-order chi connectivity index (χ0) is 25.3. The van der Waals surface area contributed by atoms with Gasteiger partial charge in [-0.15, -0.1) is 0 Å². The number of ether oxygens (including phenoxy) is 1. The second-order valence-electron chi connectivity index (χ2n) is 8.44. The average Bonchev–Trinajstić information content (AvgIpc) is 3.44. The summed E-state index contributed by atoms with van der Waals surface area (Å²) in [6.45, 7) is 1.59. The minimum Gasteiger partial charge on any atom is -0.504 e. The molecule has 11 nitrogen and oxygen atoms in total. The number of allylic oxidation sites excluding steroid dienone is 1. The van der Waals surface area contributed by atoms with Crippen LogP contribution in [-0.4, -0.2) is 44.5 Å². The number of aromatic hydroxyl groups is 1. The largest absolute Gasteiger partial charge is 0.504 e. The SMILES string of the molecule is COC(=O)C1=CCC(C(=O)N/N=C(\C)c2nn(C)c(-c3ccc4c(c3)CCC4)c2O)C=C1[N+](=O)[O-]. The third kappa shape index (κ3) is 4.57. The van der Waals surface area contributed by atoms with Crippen molar-refractivity contribution in [3.8, 4) is 17.0 Å². The molecule has 1 unspecified atom stereocenters. The Bertz CT molecular complexity index is 1320. The minimum atomic E-state index is -0.903. The second kappa shape index (κ2) is 9.53. The third-order valence-corrected chi connectivity index (χ3v) is 6.22. The lowest BCUT2D eigenvalue weighted by atomic mass is 9.93. The molecule has 11 heteroatoms. The van der Waals surface area contributed by atoms with Crippen molar-refractivity contribution >= 4 is 17.6 Å². The van der Waals surface area contributed by atoms with Gasteiger partial charge in [-0.1, -0.05) is 18.2 Å². The second-order valence-corrected chi connectivity index (χ2v) is 8.44. The fourth-order valence-corrected chi connectivity index (χ4v) is 4.41. The highest BCUT2D eigenvalue weighted by molar-refractivity contribution is 6.01. The molecule has 0 radical (unpaired) electrons. The molecule has 4 rings (SSSR count). The predicted molar refractivity (Wildman–Crippen MR) is 126 cm³/mol. The van der Waals surface area contributed by atoms with E-state index in [-0.39, 0.29) is 29.1 Å².